The maximum absolute atomic E-state index is 10.2. The van der Waals surface area contributed by atoms with Gasteiger partial charge in [0.05, 0.1) is 0 Å². The zero-order chi connectivity index (χ0) is 10.1. The van der Waals surface area contributed by atoms with E-state index in [-0.39, 0.29) is 4.58 Å². The average Bonchev–Trinajstić information content (AvgIpc) is 2.01. The van der Waals surface area contributed by atoms with Crippen molar-refractivity contribution in [3.8, 4) is 0 Å². The Morgan fingerprint density at radius 1 is 1.08 bits per heavy atom. The number of hydrogen-bond acceptors (Lipinski definition) is 3. The van der Waals surface area contributed by atoms with E-state index < -0.39 is 5.97 Å². The van der Waals surface area contributed by atoms with Crippen molar-refractivity contribution in [2.75, 3.05) is 0 Å². The topological polar surface area (TPSA) is 37.3 Å². The second-order valence-electron chi connectivity index (χ2n) is 3.18. The van der Waals surface area contributed by atoms with Crippen LogP contribution in [0, 0.1) is 0 Å². The zero-order valence-corrected chi connectivity index (χ0v) is 9.57. The molecule has 0 atom stereocenters. The first-order valence-electron chi connectivity index (χ1n) is 4.71. The number of thiol groups is 2. The van der Waals surface area contributed by atoms with Crippen LogP contribution >= 0.6 is 25.3 Å². The summed E-state index contributed by atoms with van der Waals surface area (Å²) in [5.41, 5.74) is 0. The molecule has 78 valence electrons. The maximum atomic E-state index is 10.2. The van der Waals surface area contributed by atoms with Crippen LogP contribution in [-0.4, -0.2) is 15.7 Å². The monoisotopic (exact) mass is 222 g/mol. The van der Waals surface area contributed by atoms with Crippen molar-refractivity contribution in [1.82, 2.24) is 0 Å². The number of rotatable bonds is 8. The van der Waals surface area contributed by atoms with Gasteiger partial charge < -0.3 is 5.11 Å². The van der Waals surface area contributed by atoms with E-state index in [1.54, 1.807) is 0 Å². The molecule has 0 aromatic rings. The summed E-state index contributed by atoms with van der Waals surface area (Å²) in [6, 6.07) is 0. The molecule has 13 heavy (non-hydrogen) atoms. The third-order valence-corrected chi connectivity index (χ3v) is 2.37. The molecule has 0 fully saturated rings. The quantitative estimate of drug-likeness (QED) is 0.335. The Morgan fingerprint density at radius 2 is 1.62 bits per heavy atom. The maximum Gasteiger partial charge on any atom is 0.303 e. The summed E-state index contributed by atoms with van der Waals surface area (Å²) in [4.78, 5) is 10.2. The number of carboxylic acid groups (broad SMARTS) is 1. The van der Waals surface area contributed by atoms with E-state index >= 15 is 0 Å². The van der Waals surface area contributed by atoms with Gasteiger partial charge in [-0.25, -0.2) is 0 Å². The predicted molar refractivity (Wildman–Crippen MR) is 61.7 cm³/mol. The molecule has 0 aliphatic heterocycles. The Balaban J connectivity index is 2.96. The molecule has 0 aliphatic carbocycles. The average molecular weight is 222 g/mol. The molecule has 0 rings (SSSR count). The van der Waals surface area contributed by atoms with Crippen LogP contribution in [0.2, 0.25) is 0 Å². The lowest BCUT2D eigenvalue weighted by molar-refractivity contribution is -0.137. The molecule has 0 heterocycles. The van der Waals surface area contributed by atoms with Crippen LogP contribution in [0.4, 0.5) is 0 Å². The lowest BCUT2D eigenvalue weighted by atomic mass is 10.1. The van der Waals surface area contributed by atoms with E-state index in [9.17, 15) is 4.79 Å². The van der Waals surface area contributed by atoms with Crippen molar-refractivity contribution in [2.45, 2.75) is 49.5 Å². The first kappa shape index (κ1) is 13.2. The van der Waals surface area contributed by atoms with Gasteiger partial charge in [0.25, 0.3) is 0 Å². The fraction of sp³-hybridized carbons (Fsp3) is 0.889. The number of aliphatic carboxylic acids is 1. The van der Waals surface area contributed by atoms with Gasteiger partial charge in [-0.3, -0.25) is 4.79 Å². The molecule has 0 radical (unpaired) electrons. The van der Waals surface area contributed by atoms with Crippen LogP contribution in [0.15, 0.2) is 0 Å². The van der Waals surface area contributed by atoms with Gasteiger partial charge in [0.1, 0.15) is 0 Å². The molecule has 0 bridgehead atoms. The molecule has 1 N–H and O–H groups in total. The van der Waals surface area contributed by atoms with Crippen LogP contribution < -0.4 is 0 Å². The lowest BCUT2D eigenvalue weighted by Crippen LogP contribution is -1.93. The zero-order valence-electron chi connectivity index (χ0n) is 7.78. The van der Waals surface area contributed by atoms with Gasteiger partial charge in [-0.15, -0.1) is 0 Å². The van der Waals surface area contributed by atoms with Gasteiger partial charge in [0, 0.05) is 11.0 Å². The first-order chi connectivity index (χ1) is 6.13. The lowest BCUT2D eigenvalue weighted by Gasteiger charge is -2.02. The van der Waals surface area contributed by atoms with Gasteiger partial charge in [0.15, 0.2) is 0 Å². The van der Waals surface area contributed by atoms with E-state index in [2.05, 4.69) is 25.3 Å². The van der Waals surface area contributed by atoms with E-state index in [4.69, 9.17) is 5.11 Å². The Morgan fingerprint density at radius 3 is 2.15 bits per heavy atom. The van der Waals surface area contributed by atoms with Crippen LogP contribution in [0.1, 0.15) is 44.9 Å². The summed E-state index contributed by atoms with van der Waals surface area (Å²) in [5.74, 6) is -0.689. The molecule has 0 aromatic carbocycles. The third kappa shape index (κ3) is 12.2. The molecule has 2 nitrogen and oxygen atoms in total. The van der Waals surface area contributed by atoms with Gasteiger partial charge in [-0.1, -0.05) is 25.7 Å². The highest BCUT2D eigenvalue weighted by molar-refractivity contribution is 7.99. The molecule has 0 aliphatic rings. The SMILES string of the molecule is O=C(O)CCCCCCCC(S)S. The Labute approximate surface area is 90.9 Å². The Kier molecular flexibility index (Phi) is 8.87. The highest BCUT2D eigenvalue weighted by Crippen LogP contribution is 2.13. The van der Waals surface area contributed by atoms with Crippen molar-refractivity contribution in [2.24, 2.45) is 0 Å². The molecule has 0 amide bonds. The molecule has 0 saturated carbocycles. The summed E-state index contributed by atoms with van der Waals surface area (Å²) < 4.78 is 0.194. The summed E-state index contributed by atoms with van der Waals surface area (Å²) in [5, 5.41) is 8.37. The number of carboxylic acids is 1. The van der Waals surface area contributed by atoms with Crippen molar-refractivity contribution in [3.05, 3.63) is 0 Å². The second kappa shape index (κ2) is 8.75. The molecule has 0 aromatic heterocycles. The van der Waals surface area contributed by atoms with Crippen molar-refractivity contribution < 1.29 is 9.90 Å². The van der Waals surface area contributed by atoms with E-state index in [1.807, 2.05) is 0 Å². The minimum Gasteiger partial charge on any atom is -0.481 e. The second-order valence-corrected chi connectivity index (χ2v) is 4.83. The highest BCUT2D eigenvalue weighted by Gasteiger charge is 1.97. The van der Waals surface area contributed by atoms with E-state index in [0.29, 0.717) is 6.42 Å². The molecular weight excluding hydrogens is 204 g/mol. The number of unbranched alkanes of at least 4 members (excludes halogenated alkanes) is 4. The smallest absolute Gasteiger partial charge is 0.303 e. The van der Waals surface area contributed by atoms with Crippen LogP contribution in [0.25, 0.3) is 0 Å². The van der Waals surface area contributed by atoms with Gasteiger partial charge in [0.2, 0.25) is 0 Å². The van der Waals surface area contributed by atoms with E-state index in [1.165, 1.54) is 0 Å². The van der Waals surface area contributed by atoms with Crippen LogP contribution in [-0.2, 0) is 4.79 Å². The summed E-state index contributed by atoms with van der Waals surface area (Å²) in [6.07, 6.45) is 6.60. The normalized spacial score (nSPS) is 10.7. The van der Waals surface area contributed by atoms with Gasteiger partial charge in [-0.05, 0) is 12.8 Å². The summed E-state index contributed by atoms with van der Waals surface area (Å²) in [7, 11) is 0. The Hall–Kier alpha value is 0.170. The minimum atomic E-state index is -0.689. The summed E-state index contributed by atoms with van der Waals surface area (Å²) >= 11 is 8.31. The molecule has 0 unspecified atom stereocenters. The van der Waals surface area contributed by atoms with E-state index in [0.717, 1.165) is 38.5 Å². The highest BCUT2D eigenvalue weighted by atomic mass is 32.2. The standard InChI is InChI=1S/C9H18O2S2/c10-8(11)6-4-2-1-3-5-7-9(12)13/h9,12-13H,1-7H2,(H,10,11). The number of hydrogen-bond donors (Lipinski definition) is 3. The summed E-state index contributed by atoms with van der Waals surface area (Å²) in [6.45, 7) is 0. The number of carbonyl (C=O) groups is 1. The molecule has 4 heteroatoms. The van der Waals surface area contributed by atoms with Gasteiger partial charge in [-0.2, -0.15) is 25.3 Å². The third-order valence-electron chi connectivity index (χ3n) is 1.85. The Bertz CT molecular complexity index is 138. The molecular formula is C9H18O2S2. The van der Waals surface area contributed by atoms with Gasteiger partial charge >= 0.3 is 5.97 Å². The fourth-order valence-corrected chi connectivity index (χ4v) is 1.50. The molecule has 0 saturated heterocycles. The van der Waals surface area contributed by atoms with Crippen molar-refractivity contribution in [1.29, 1.82) is 0 Å². The van der Waals surface area contributed by atoms with Crippen molar-refractivity contribution in [3.63, 3.8) is 0 Å². The largest absolute Gasteiger partial charge is 0.481 e. The predicted octanol–water partition coefficient (Wildman–Crippen LogP) is 2.99. The van der Waals surface area contributed by atoms with Crippen LogP contribution in [0.5, 0.6) is 0 Å². The molecule has 0 spiro atoms. The minimum absolute atomic E-state index is 0.194. The first-order valence-corrected chi connectivity index (χ1v) is 5.74. The van der Waals surface area contributed by atoms with Crippen molar-refractivity contribution >= 4 is 31.2 Å². The fourth-order valence-electron chi connectivity index (χ4n) is 1.13. The van der Waals surface area contributed by atoms with Crippen LogP contribution in [0.3, 0.4) is 0 Å².